The van der Waals surface area contributed by atoms with E-state index < -0.39 is 5.97 Å². The summed E-state index contributed by atoms with van der Waals surface area (Å²) in [5.41, 5.74) is 0. The van der Waals surface area contributed by atoms with Crippen LogP contribution in [0, 0.1) is 0 Å². The summed E-state index contributed by atoms with van der Waals surface area (Å²) in [6, 6.07) is 2.94. The number of hydrogen-bond donors (Lipinski definition) is 1. The highest BCUT2D eigenvalue weighted by Crippen LogP contribution is 2.13. The molecule has 0 spiro atoms. The normalized spacial score (nSPS) is 9.57. The summed E-state index contributed by atoms with van der Waals surface area (Å²) < 4.78 is 9.70. The van der Waals surface area contributed by atoms with Gasteiger partial charge in [-0.2, -0.15) is 0 Å². The quantitative estimate of drug-likeness (QED) is 0.744. The fourth-order valence-electron chi connectivity index (χ4n) is 0.890. The first-order valence-electron chi connectivity index (χ1n) is 4.18. The topological polar surface area (TPSA) is 68.5 Å². The predicted molar refractivity (Wildman–Crippen MR) is 49.0 cm³/mol. The van der Waals surface area contributed by atoms with Crippen LogP contribution in [-0.4, -0.2) is 18.5 Å². The highest BCUT2D eigenvalue weighted by Gasteiger charge is 2.11. The van der Waals surface area contributed by atoms with Gasteiger partial charge in [0.2, 0.25) is 17.6 Å². The molecule has 0 saturated heterocycles. The molecule has 0 aromatic carbocycles. The second kappa shape index (κ2) is 4.45. The van der Waals surface area contributed by atoms with Crippen molar-refractivity contribution in [1.29, 1.82) is 0 Å². The maximum absolute atomic E-state index is 11.1. The molecule has 1 rings (SSSR count). The van der Waals surface area contributed by atoms with Crippen LogP contribution in [0.25, 0.3) is 0 Å². The first kappa shape index (κ1) is 10.3. The molecule has 1 heterocycles. The molecule has 0 unspecified atom stereocenters. The van der Waals surface area contributed by atoms with Crippen LogP contribution in [0.15, 0.2) is 16.5 Å². The van der Waals surface area contributed by atoms with E-state index in [9.17, 15) is 9.59 Å². The van der Waals surface area contributed by atoms with E-state index in [-0.39, 0.29) is 24.2 Å². The first-order chi connectivity index (χ1) is 6.63. The molecule has 5 nitrogen and oxygen atoms in total. The predicted octanol–water partition coefficient (Wildman–Crippen LogP) is 1.41. The van der Waals surface area contributed by atoms with Crippen molar-refractivity contribution in [3.63, 3.8) is 0 Å². The number of nitrogens with one attached hydrogen (secondary N) is 1. The van der Waals surface area contributed by atoms with Crippen LogP contribution in [-0.2, 0) is 9.53 Å². The van der Waals surface area contributed by atoms with Crippen molar-refractivity contribution < 1.29 is 18.7 Å². The Bertz CT molecular complexity index is 342. The van der Waals surface area contributed by atoms with E-state index in [0.29, 0.717) is 0 Å². The Morgan fingerprint density at radius 1 is 1.50 bits per heavy atom. The van der Waals surface area contributed by atoms with Crippen molar-refractivity contribution in [2.45, 2.75) is 13.8 Å². The molecule has 76 valence electrons. The van der Waals surface area contributed by atoms with Gasteiger partial charge in [0.15, 0.2) is 0 Å². The van der Waals surface area contributed by atoms with Crippen molar-refractivity contribution in [2.24, 2.45) is 0 Å². The molecule has 0 fully saturated rings. The third-order valence-corrected chi connectivity index (χ3v) is 1.38. The van der Waals surface area contributed by atoms with E-state index in [1.807, 2.05) is 0 Å². The van der Waals surface area contributed by atoms with E-state index in [1.165, 1.54) is 19.1 Å². The molecular weight excluding hydrogens is 186 g/mol. The van der Waals surface area contributed by atoms with Gasteiger partial charge in [0.05, 0.1) is 6.61 Å². The van der Waals surface area contributed by atoms with Crippen LogP contribution < -0.4 is 5.32 Å². The Labute approximate surface area is 81.0 Å². The molecule has 0 atom stereocenters. The Hall–Kier alpha value is -1.78. The average Bonchev–Trinajstić information content (AvgIpc) is 2.52. The number of carbonyl (C=O) groups excluding carboxylic acids is 2. The van der Waals surface area contributed by atoms with Crippen LogP contribution in [0.4, 0.5) is 5.88 Å². The maximum atomic E-state index is 11.1. The lowest BCUT2D eigenvalue weighted by Gasteiger charge is -1.97. The zero-order valence-corrected chi connectivity index (χ0v) is 7.99. The Morgan fingerprint density at radius 3 is 2.79 bits per heavy atom. The second-order valence-corrected chi connectivity index (χ2v) is 2.57. The summed E-state index contributed by atoms with van der Waals surface area (Å²) in [7, 11) is 0. The highest BCUT2D eigenvalue weighted by atomic mass is 16.5. The van der Waals surface area contributed by atoms with Gasteiger partial charge in [-0.3, -0.25) is 10.1 Å². The van der Waals surface area contributed by atoms with Crippen molar-refractivity contribution in [1.82, 2.24) is 0 Å². The molecule has 1 aromatic heterocycles. The number of amides is 1. The van der Waals surface area contributed by atoms with Gasteiger partial charge in [-0.05, 0) is 13.0 Å². The number of rotatable bonds is 3. The van der Waals surface area contributed by atoms with Gasteiger partial charge in [-0.1, -0.05) is 0 Å². The van der Waals surface area contributed by atoms with Crippen LogP contribution in [0.5, 0.6) is 0 Å². The molecule has 0 aliphatic rings. The largest absolute Gasteiger partial charge is 0.460 e. The zero-order valence-electron chi connectivity index (χ0n) is 7.99. The van der Waals surface area contributed by atoms with Crippen LogP contribution in [0.1, 0.15) is 24.4 Å². The Morgan fingerprint density at radius 2 is 2.21 bits per heavy atom. The lowest BCUT2D eigenvalue weighted by molar-refractivity contribution is -0.114. The van der Waals surface area contributed by atoms with Crippen molar-refractivity contribution in [3.8, 4) is 0 Å². The summed E-state index contributed by atoms with van der Waals surface area (Å²) >= 11 is 0. The van der Waals surface area contributed by atoms with Crippen LogP contribution in [0.3, 0.4) is 0 Å². The van der Waals surface area contributed by atoms with Gasteiger partial charge in [-0.25, -0.2) is 4.79 Å². The van der Waals surface area contributed by atoms with E-state index in [0.717, 1.165) is 0 Å². The van der Waals surface area contributed by atoms with E-state index in [1.54, 1.807) is 6.92 Å². The van der Waals surface area contributed by atoms with Gasteiger partial charge in [0.25, 0.3) is 0 Å². The molecular formula is C9H11NO4. The van der Waals surface area contributed by atoms with Gasteiger partial charge in [0, 0.05) is 13.0 Å². The molecule has 0 radical (unpaired) electrons. The Balaban J connectivity index is 2.67. The molecule has 0 saturated carbocycles. The number of carbonyl (C=O) groups is 2. The number of hydrogen-bond acceptors (Lipinski definition) is 4. The van der Waals surface area contributed by atoms with E-state index in [4.69, 9.17) is 9.15 Å². The third kappa shape index (κ3) is 2.62. The van der Waals surface area contributed by atoms with Crippen LogP contribution in [0.2, 0.25) is 0 Å². The van der Waals surface area contributed by atoms with Gasteiger partial charge in [0.1, 0.15) is 0 Å². The molecule has 1 amide bonds. The minimum absolute atomic E-state index is 0.0793. The summed E-state index contributed by atoms with van der Waals surface area (Å²) in [5.74, 6) is -0.477. The lowest BCUT2D eigenvalue weighted by atomic mass is 10.4. The molecule has 0 bridgehead atoms. The standard InChI is InChI=1S/C9H11NO4/c1-3-13-9(12)7-4-5-8(14-7)10-6(2)11/h4-5H,3H2,1-2H3,(H,10,11). The van der Waals surface area contributed by atoms with Crippen molar-refractivity contribution >= 4 is 17.8 Å². The minimum atomic E-state index is -0.538. The SMILES string of the molecule is CCOC(=O)c1ccc(NC(C)=O)o1. The first-order valence-corrected chi connectivity index (χ1v) is 4.18. The smallest absolute Gasteiger partial charge is 0.374 e. The van der Waals surface area contributed by atoms with Gasteiger partial charge in [-0.15, -0.1) is 0 Å². The second-order valence-electron chi connectivity index (χ2n) is 2.57. The summed E-state index contributed by atoms with van der Waals surface area (Å²) in [6.07, 6.45) is 0. The highest BCUT2D eigenvalue weighted by molar-refractivity contribution is 5.90. The number of ether oxygens (including phenoxy) is 1. The van der Waals surface area contributed by atoms with E-state index >= 15 is 0 Å². The minimum Gasteiger partial charge on any atom is -0.460 e. The van der Waals surface area contributed by atoms with Crippen molar-refractivity contribution in [2.75, 3.05) is 11.9 Å². The molecule has 0 aliphatic carbocycles. The summed E-state index contributed by atoms with van der Waals surface area (Å²) in [5, 5.41) is 2.41. The zero-order chi connectivity index (χ0) is 10.6. The fourth-order valence-corrected chi connectivity index (χ4v) is 0.890. The molecule has 1 aromatic rings. The molecule has 1 N–H and O–H groups in total. The fraction of sp³-hybridized carbons (Fsp3) is 0.333. The molecule has 14 heavy (non-hydrogen) atoms. The van der Waals surface area contributed by atoms with Crippen LogP contribution >= 0.6 is 0 Å². The molecule has 5 heteroatoms. The van der Waals surface area contributed by atoms with Gasteiger partial charge < -0.3 is 9.15 Å². The average molecular weight is 197 g/mol. The summed E-state index contributed by atoms with van der Waals surface area (Å²) in [4.78, 5) is 21.7. The third-order valence-electron chi connectivity index (χ3n) is 1.38. The monoisotopic (exact) mass is 197 g/mol. The molecule has 0 aliphatic heterocycles. The maximum Gasteiger partial charge on any atom is 0.374 e. The van der Waals surface area contributed by atoms with Gasteiger partial charge >= 0.3 is 5.97 Å². The summed E-state index contributed by atoms with van der Waals surface area (Å²) in [6.45, 7) is 3.34. The number of anilines is 1. The number of furan rings is 1. The van der Waals surface area contributed by atoms with E-state index in [2.05, 4.69) is 5.32 Å². The van der Waals surface area contributed by atoms with Crippen molar-refractivity contribution in [3.05, 3.63) is 17.9 Å². The number of esters is 1. The lowest BCUT2D eigenvalue weighted by Crippen LogP contribution is -2.05. The Kier molecular flexibility index (Phi) is 3.28.